The van der Waals surface area contributed by atoms with E-state index in [1.807, 2.05) is 60.7 Å². The highest BCUT2D eigenvalue weighted by Crippen LogP contribution is 2.23. The van der Waals surface area contributed by atoms with Gasteiger partial charge in [0.15, 0.2) is 0 Å². The van der Waals surface area contributed by atoms with Crippen LogP contribution in [0.2, 0.25) is 0 Å². The van der Waals surface area contributed by atoms with Gasteiger partial charge in [-0.1, -0.05) is 72.8 Å². The maximum absolute atomic E-state index is 12.7. The third kappa shape index (κ3) is 3.85. The number of carbonyl (C=O) groups is 1. The minimum absolute atomic E-state index is 0.00349. The number of fused-ring (bicyclic) bond motifs is 1. The molecule has 1 N–H and O–H groups in total. The number of hydrogen-bond acceptors (Lipinski definition) is 2. The van der Waals surface area contributed by atoms with Crippen LogP contribution in [-0.4, -0.2) is 21.6 Å². The van der Waals surface area contributed by atoms with E-state index < -0.39 is 0 Å². The number of amides is 1. The van der Waals surface area contributed by atoms with Crippen LogP contribution in [0.4, 0.5) is 0 Å². The second-order valence-corrected chi connectivity index (χ2v) is 7.09. The second kappa shape index (κ2) is 8.19. The fourth-order valence-electron chi connectivity index (χ4n) is 3.73. The number of aryl methyl sites for hydroxylation is 1. The fraction of sp³-hybridized carbons (Fsp3) is 0.167. The first kappa shape index (κ1) is 18.7. The Hall–Kier alpha value is -3.60. The van der Waals surface area contributed by atoms with E-state index in [1.165, 1.54) is 4.57 Å². The standard InChI is InChI=1S/C24H23N3O2/c1-26-21-14-8-9-15-22(21)27(24(26)29)17-23(28)25-16-20(18-10-4-2-5-11-18)19-12-6-3-7-13-19/h2-15,20H,16-17H2,1H3,(H,25,28). The smallest absolute Gasteiger partial charge is 0.329 e. The third-order valence-electron chi connectivity index (χ3n) is 5.26. The van der Waals surface area contributed by atoms with Crippen molar-refractivity contribution < 1.29 is 4.79 Å². The molecule has 146 valence electrons. The van der Waals surface area contributed by atoms with Gasteiger partial charge in [0.1, 0.15) is 6.54 Å². The summed E-state index contributed by atoms with van der Waals surface area (Å²) in [5, 5.41) is 3.02. The summed E-state index contributed by atoms with van der Waals surface area (Å²) in [5.41, 5.74) is 3.67. The SMILES string of the molecule is Cn1c(=O)n(CC(=O)NCC(c2ccccc2)c2ccccc2)c2ccccc21. The van der Waals surface area contributed by atoms with Crippen LogP contribution < -0.4 is 11.0 Å². The topological polar surface area (TPSA) is 56.0 Å². The van der Waals surface area contributed by atoms with Gasteiger partial charge in [-0.2, -0.15) is 0 Å². The lowest BCUT2D eigenvalue weighted by Gasteiger charge is -2.19. The third-order valence-corrected chi connectivity index (χ3v) is 5.26. The fourth-order valence-corrected chi connectivity index (χ4v) is 3.73. The predicted molar refractivity (Wildman–Crippen MR) is 115 cm³/mol. The molecule has 5 nitrogen and oxygen atoms in total. The summed E-state index contributed by atoms with van der Waals surface area (Å²) in [6, 6.07) is 27.8. The number of imidazole rings is 1. The summed E-state index contributed by atoms with van der Waals surface area (Å²) in [6.07, 6.45) is 0. The van der Waals surface area contributed by atoms with Gasteiger partial charge in [-0.25, -0.2) is 4.79 Å². The van der Waals surface area contributed by atoms with E-state index >= 15 is 0 Å². The summed E-state index contributed by atoms with van der Waals surface area (Å²) >= 11 is 0. The van der Waals surface area contributed by atoms with Crippen molar-refractivity contribution in [3.05, 3.63) is 107 Å². The van der Waals surface area contributed by atoms with Gasteiger partial charge in [-0.15, -0.1) is 0 Å². The average molecular weight is 385 g/mol. The summed E-state index contributed by atoms with van der Waals surface area (Å²) in [7, 11) is 1.72. The van der Waals surface area contributed by atoms with Gasteiger partial charge in [0.2, 0.25) is 5.91 Å². The van der Waals surface area contributed by atoms with E-state index in [0.717, 1.165) is 22.2 Å². The van der Waals surface area contributed by atoms with Crippen molar-refractivity contribution in [2.75, 3.05) is 6.54 Å². The van der Waals surface area contributed by atoms with E-state index in [0.29, 0.717) is 6.54 Å². The molecule has 0 aliphatic carbocycles. The Bertz CT molecular complexity index is 1140. The normalized spacial score (nSPS) is 11.1. The number of carbonyl (C=O) groups excluding carboxylic acids is 1. The molecule has 1 heterocycles. The van der Waals surface area contributed by atoms with Gasteiger partial charge in [0.05, 0.1) is 11.0 Å². The Morgan fingerprint density at radius 2 is 1.34 bits per heavy atom. The Balaban J connectivity index is 1.54. The molecule has 0 aliphatic heterocycles. The van der Waals surface area contributed by atoms with E-state index in [1.54, 1.807) is 11.6 Å². The van der Waals surface area contributed by atoms with Crippen LogP contribution in [0, 0.1) is 0 Å². The molecule has 0 saturated heterocycles. The summed E-state index contributed by atoms with van der Waals surface area (Å²) in [5.74, 6) is -0.133. The van der Waals surface area contributed by atoms with Crippen LogP contribution in [0.3, 0.4) is 0 Å². The van der Waals surface area contributed by atoms with Crippen molar-refractivity contribution in [3.63, 3.8) is 0 Å². The van der Waals surface area contributed by atoms with Gasteiger partial charge >= 0.3 is 5.69 Å². The molecule has 4 aromatic rings. The van der Waals surface area contributed by atoms with Crippen molar-refractivity contribution in [1.82, 2.24) is 14.5 Å². The second-order valence-electron chi connectivity index (χ2n) is 7.09. The van der Waals surface area contributed by atoms with E-state index in [4.69, 9.17) is 0 Å². The molecule has 0 atom stereocenters. The summed E-state index contributed by atoms with van der Waals surface area (Å²) < 4.78 is 3.09. The van der Waals surface area contributed by atoms with Crippen molar-refractivity contribution in [2.45, 2.75) is 12.5 Å². The first-order valence-electron chi connectivity index (χ1n) is 9.66. The van der Waals surface area contributed by atoms with E-state index in [-0.39, 0.29) is 24.1 Å². The Kier molecular flexibility index (Phi) is 5.29. The van der Waals surface area contributed by atoms with Gasteiger partial charge in [0.25, 0.3) is 0 Å². The zero-order valence-electron chi connectivity index (χ0n) is 16.3. The molecule has 4 rings (SSSR count). The minimum Gasteiger partial charge on any atom is -0.354 e. The van der Waals surface area contributed by atoms with Crippen LogP contribution in [0.5, 0.6) is 0 Å². The van der Waals surface area contributed by atoms with Gasteiger partial charge in [0, 0.05) is 19.5 Å². The Morgan fingerprint density at radius 3 is 1.93 bits per heavy atom. The molecular weight excluding hydrogens is 362 g/mol. The number of hydrogen-bond donors (Lipinski definition) is 1. The minimum atomic E-state index is -0.191. The highest BCUT2D eigenvalue weighted by Gasteiger charge is 2.17. The molecule has 3 aromatic carbocycles. The molecule has 0 unspecified atom stereocenters. The highest BCUT2D eigenvalue weighted by atomic mass is 16.2. The summed E-state index contributed by atoms with van der Waals surface area (Å²) in [4.78, 5) is 25.3. The molecule has 0 saturated carbocycles. The maximum Gasteiger partial charge on any atom is 0.329 e. The molecule has 29 heavy (non-hydrogen) atoms. The quantitative estimate of drug-likeness (QED) is 0.554. The van der Waals surface area contributed by atoms with Crippen molar-refractivity contribution in [3.8, 4) is 0 Å². The van der Waals surface area contributed by atoms with Crippen molar-refractivity contribution in [2.24, 2.45) is 7.05 Å². The van der Waals surface area contributed by atoms with E-state index in [2.05, 4.69) is 29.6 Å². The van der Waals surface area contributed by atoms with Gasteiger partial charge in [-0.05, 0) is 23.3 Å². The largest absolute Gasteiger partial charge is 0.354 e. The molecular formula is C24H23N3O2. The van der Waals surface area contributed by atoms with Crippen LogP contribution in [0.25, 0.3) is 11.0 Å². The Labute approximate surface area is 169 Å². The zero-order valence-corrected chi connectivity index (χ0v) is 16.3. The van der Waals surface area contributed by atoms with Crippen LogP contribution >= 0.6 is 0 Å². The van der Waals surface area contributed by atoms with Gasteiger partial charge < -0.3 is 5.32 Å². The number of benzene rings is 3. The van der Waals surface area contributed by atoms with Crippen LogP contribution in [-0.2, 0) is 18.4 Å². The van der Waals surface area contributed by atoms with Crippen molar-refractivity contribution in [1.29, 1.82) is 0 Å². The average Bonchev–Trinajstić information content (AvgIpc) is 3.00. The lowest BCUT2D eigenvalue weighted by molar-refractivity contribution is -0.121. The molecule has 5 heteroatoms. The lowest BCUT2D eigenvalue weighted by Crippen LogP contribution is -2.35. The monoisotopic (exact) mass is 385 g/mol. The molecule has 0 fully saturated rings. The number of nitrogens with one attached hydrogen (secondary N) is 1. The number of aromatic nitrogens is 2. The number of rotatable bonds is 6. The lowest BCUT2D eigenvalue weighted by atomic mass is 9.91. The van der Waals surface area contributed by atoms with Gasteiger partial charge in [-0.3, -0.25) is 13.9 Å². The van der Waals surface area contributed by atoms with Crippen molar-refractivity contribution >= 4 is 16.9 Å². The Morgan fingerprint density at radius 1 is 0.828 bits per heavy atom. The summed E-state index contributed by atoms with van der Waals surface area (Å²) in [6.45, 7) is 0.461. The molecule has 0 spiro atoms. The highest BCUT2D eigenvalue weighted by molar-refractivity contribution is 5.81. The molecule has 0 radical (unpaired) electrons. The molecule has 1 aromatic heterocycles. The molecule has 0 aliphatic rings. The zero-order chi connectivity index (χ0) is 20.2. The predicted octanol–water partition coefficient (Wildman–Crippen LogP) is 3.29. The molecule has 0 bridgehead atoms. The number of nitrogens with zero attached hydrogens (tertiary/aromatic N) is 2. The maximum atomic E-state index is 12.7. The van der Waals surface area contributed by atoms with Crippen LogP contribution in [0.15, 0.2) is 89.7 Å². The molecule has 1 amide bonds. The van der Waals surface area contributed by atoms with E-state index in [9.17, 15) is 9.59 Å². The first-order valence-corrected chi connectivity index (χ1v) is 9.66. The number of para-hydroxylation sites is 2. The van der Waals surface area contributed by atoms with Crippen LogP contribution in [0.1, 0.15) is 17.0 Å². The first-order chi connectivity index (χ1) is 14.1.